The molecular weight excluding hydrogens is 335 g/mol. The highest BCUT2D eigenvalue weighted by atomic mass is 32.1. The van der Waals surface area contributed by atoms with Crippen LogP contribution in [0.4, 0.5) is 0 Å². The fourth-order valence-electron chi connectivity index (χ4n) is 3.07. The molecule has 0 radical (unpaired) electrons. The second-order valence-electron chi connectivity index (χ2n) is 7.98. The number of carboxylic acids is 1. The first-order valence-electron chi connectivity index (χ1n) is 8.62. The lowest BCUT2D eigenvalue weighted by atomic mass is 9.78. The van der Waals surface area contributed by atoms with Gasteiger partial charge in [-0.25, -0.2) is 0 Å². The van der Waals surface area contributed by atoms with Crippen LogP contribution in [0.15, 0.2) is 29.7 Å². The van der Waals surface area contributed by atoms with Crippen LogP contribution < -0.4 is 0 Å². The Bertz CT molecular complexity index is 706. The third-order valence-electron chi connectivity index (χ3n) is 5.69. The first-order chi connectivity index (χ1) is 11.6. The molecular formula is C19H25BO4S. The van der Waals surface area contributed by atoms with Crippen LogP contribution in [0.3, 0.4) is 0 Å². The van der Waals surface area contributed by atoms with Gasteiger partial charge in [-0.15, -0.1) is 0 Å². The van der Waals surface area contributed by atoms with Gasteiger partial charge in [0.1, 0.15) is 0 Å². The lowest BCUT2D eigenvalue weighted by Crippen LogP contribution is -2.41. The fourth-order valence-corrected chi connectivity index (χ4v) is 3.31. The van der Waals surface area contributed by atoms with Crippen molar-refractivity contribution >= 4 is 31.8 Å². The molecule has 1 aromatic carbocycles. The molecule has 1 saturated heterocycles. The second-order valence-corrected chi connectivity index (χ2v) is 8.29. The summed E-state index contributed by atoms with van der Waals surface area (Å²) in [6.45, 7) is 8.09. The van der Waals surface area contributed by atoms with Crippen molar-refractivity contribution in [2.24, 2.45) is 0 Å². The molecule has 25 heavy (non-hydrogen) atoms. The molecule has 2 fully saturated rings. The molecule has 0 amide bonds. The molecule has 1 N–H and O–H groups in total. The largest absolute Gasteiger partial charge is 0.491 e. The molecule has 3 rings (SSSR count). The van der Waals surface area contributed by atoms with Crippen molar-refractivity contribution in [1.82, 2.24) is 0 Å². The van der Waals surface area contributed by atoms with Crippen LogP contribution in [0, 0.1) is 0 Å². The molecule has 1 aliphatic heterocycles. The number of carboxylic acid groups (broad SMARTS) is 1. The van der Waals surface area contributed by atoms with E-state index in [4.69, 9.17) is 9.31 Å². The van der Waals surface area contributed by atoms with Gasteiger partial charge in [-0.3, -0.25) is 4.79 Å². The third kappa shape index (κ3) is 3.27. The molecule has 0 aromatic heterocycles. The van der Waals surface area contributed by atoms with Crippen molar-refractivity contribution in [2.75, 3.05) is 5.75 Å². The standard InChI is InChI=1S/C19H25BO4S/c1-17(2)18(3,4)24-20(23-17)15(12-25)11-13-6-5-7-14(10-13)19(8-9-19)16(21)22/h5-7,10-11,25H,8-9,12H2,1-4H3,(H,21,22). The van der Waals surface area contributed by atoms with Gasteiger partial charge in [-0.2, -0.15) is 12.6 Å². The quantitative estimate of drug-likeness (QED) is 0.620. The Morgan fingerprint density at radius 1 is 1.24 bits per heavy atom. The van der Waals surface area contributed by atoms with Crippen LogP contribution in [-0.2, 0) is 19.5 Å². The van der Waals surface area contributed by atoms with Gasteiger partial charge in [0.05, 0.1) is 16.6 Å². The van der Waals surface area contributed by atoms with E-state index in [-0.39, 0.29) is 0 Å². The minimum absolute atomic E-state index is 0.400. The Kier molecular flexibility index (Phi) is 4.59. The number of rotatable bonds is 5. The van der Waals surface area contributed by atoms with Gasteiger partial charge in [-0.1, -0.05) is 30.3 Å². The summed E-state index contributed by atoms with van der Waals surface area (Å²) < 4.78 is 12.2. The molecule has 6 heteroatoms. The Balaban J connectivity index is 1.88. The number of hydrogen-bond acceptors (Lipinski definition) is 4. The number of hydrogen-bond donors (Lipinski definition) is 2. The Morgan fingerprint density at radius 2 is 1.84 bits per heavy atom. The Hall–Kier alpha value is -1.24. The minimum atomic E-state index is -0.742. The van der Waals surface area contributed by atoms with Crippen molar-refractivity contribution in [3.63, 3.8) is 0 Å². The maximum Gasteiger partial charge on any atom is 0.491 e. The number of thiol groups is 1. The summed E-state index contributed by atoms with van der Waals surface area (Å²) in [7, 11) is -0.444. The second kappa shape index (κ2) is 6.18. The van der Waals surface area contributed by atoms with E-state index < -0.39 is 29.7 Å². The summed E-state index contributed by atoms with van der Waals surface area (Å²) in [5.41, 5.74) is 1.24. The van der Waals surface area contributed by atoms with Crippen molar-refractivity contribution in [3.05, 3.63) is 40.9 Å². The molecule has 1 aliphatic carbocycles. The first kappa shape index (κ1) is 18.6. The summed E-state index contributed by atoms with van der Waals surface area (Å²) in [5.74, 6) is -0.237. The van der Waals surface area contributed by atoms with Crippen LogP contribution >= 0.6 is 12.6 Å². The minimum Gasteiger partial charge on any atom is -0.481 e. The molecule has 0 unspecified atom stereocenters. The van der Waals surface area contributed by atoms with Crippen molar-refractivity contribution in [1.29, 1.82) is 0 Å². The van der Waals surface area contributed by atoms with E-state index in [1.54, 1.807) is 0 Å². The van der Waals surface area contributed by atoms with E-state index in [2.05, 4.69) is 12.6 Å². The summed E-state index contributed by atoms with van der Waals surface area (Å²) in [4.78, 5) is 11.6. The lowest BCUT2D eigenvalue weighted by Gasteiger charge is -2.32. The zero-order valence-electron chi connectivity index (χ0n) is 15.2. The number of aliphatic carboxylic acids is 1. The van der Waals surface area contributed by atoms with E-state index in [1.807, 2.05) is 58.0 Å². The highest BCUT2D eigenvalue weighted by Gasteiger charge is 2.53. The van der Waals surface area contributed by atoms with E-state index in [1.165, 1.54) is 0 Å². The molecule has 1 heterocycles. The fraction of sp³-hybridized carbons (Fsp3) is 0.526. The molecule has 4 nitrogen and oxygen atoms in total. The molecule has 0 spiro atoms. The zero-order chi connectivity index (χ0) is 18.5. The van der Waals surface area contributed by atoms with Crippen LogP contribution in [0.5, 0.6) is 0 Å². The van der Waals surface area contributed by atoms with Crippen molar-refractivity contribution in [3.8, 4) is 0 Å². The average Bonchev–Trinajstić information content (AvgIpc) is 3.29. The third-order valence-corrected chi connectivity index (χ3v) is 6.05. The Morgan fingerprint density at radius 3 is 2.32 bits per heavy atom. The summed E-state index contributed by atoms with van der Waals surface area (Å²) >= 11 is 4.44. The van der Waals surface area contributed by atoms with Gasteiger partial charge in [0.25, 0.3) is 0 Å². The average molecular weight is 360 g/mol. The smallest absolute Gasteiger partial charge is 0.481 e. The van der Waals surface area contributed by atoms with Gasteiger partial charge in [0.15, 0.2) is 0 Å². The Labute approximate surface area is 155 Å². The number of carbonyl (C=O) groups is 1. The maximum atomic E-state index is 11.6. The highest BCUT2D eigenvalue weighted by molar-refractivity contribution is 7.80. The molecule has 2 aliphatic rings. The van der Waals surface area contributed by atoms with Crippen molar-refractivity contribution < 1.29 is 19.2 Å². The summed E-state index contributed by atoms with van der Waals surface area (Å²) in [6.07, 6.45) is 3.40. The van der Waals surface area contributed by atoms with Crippen LogP contribution in [0.1, 0.15) is 51.7 Å². The van der Waals surface area contributed by atoms with Crippen molar-refractivity contribution in [2.45, 2.75) is 57.2 Å². The van der Waals surface area contributed by atoms with Crippen LogP contribution in [0.25, 0.3) is 6.08 Å². The predicted molar refractivity (Wildman–Crippen MR) is 103 cm³/mol. The van der Waals surface area contributed by atoms with Gasteiger partial charge >= 0.3 is 13.1 Å². The molecule has 0 atom stereocenters. The van der Waals surface area contributed by atoms with Gasteiger partial charge in [0.2, 0.25) is 0 Å². The lowest BCUT2D eigenvalue weighted by molar-refractivity contribution is -0.140. The SMILES string of the molecule is CC1(C)OB(C(=Cc2cccc(C3(C(=O)O)CC3)c2)CS)OC1(C)C. The molecule has 1 aromatic rings. The van der Waals surface area contributed by atoms with E-state index in [0.29, 0.717) is 18.6 Å². The molecule has 0 bridgehead atoms. The monoisotopic (exact) mass is 360 g/mol. The van der Waals surface area contributed by atoms with Crippen LogP contribution in [0.2, 0.25) is 0 Å². The maximum absolute atomic E-state index is 11.6. The van der Waals surface area contributed by atoms with E-state index in [0.717, 1.165) is 16.6 Å². The van der Waals surface area contributed by atoms with Gasteiger partial charge in [0, 0.05) is 5.75 Å². The normalized spacial score (nSPS) is 23.6. The highest BCUT2D eigenvalue weighted by Crippen LogP contribution is 2.48. The summed E-state index contributed by atoms with van der Waals surface area (Å²) in [5, 5.41) is 9.50. The summed E-state index contributed by atoms with van der Waals surface area (Å²) in [6, 6.07) is 7.73. The van der Waals surface area contributed by atoms with E-state index in [9.17, 15) is 9.90 Å². The molecule has 1 saturated carbocycles. The van der Waals surface area contributed by atoms with Crippen LogP contribution in [-0.4, -0.2) is 35.1 Å². The topological polar surface area (TPSA) is 55.8 Å². The number of benzene rings is 1. The van der Waals surface area contributed by atoms with E-state index >= 15 is 0 Å². The molecule has 134 valence electrons. The zero-order valence-corrected chi connectivity index (χ0v) is 16.1. The van der Waals surface area contributed by atoms with Gasteiger partial charge < -0.3 is 14.4 Å². The first-order valence-corrected chi connectivity index (χ1v) is 9.25. The predicted octanol–water partition coefficient (Wildman–Crippen LogP) is 3.75. The van der Waals surface area contributed by atoms with Gasteiger partial charge in [-0.05, 0) is 57.1 Å².